The Labute approximate surface area is 119 Å². The summed E-state index contributed by atoms with van der Waals surface area (Å²) in [5.41, 5.74) is 0. The Morgan fingerprint density at radius 1 is 1.50 bits per heavy atom. The van der Waals surface area contributed by atoms with Crippen LogP contribution in [0.2, 0.25) is 0 Å². The van der Waals surface area contributed by atoms with E-state index in [0.717, 1.165) is 4.88 Å². The van der Waals surface area contributed by atoms with Crippen molar-refractivity contribution >= 4 is 17.2 Å². The molecule has 2 aromatic heterocycles. The highest BCUT2D eigenvalue weighted by Crippen LogP contribution is 2.15. The first kappa shape index (κ1) is 14.2. The normalized spacial score (nSPS) is 9.85. The summed E-state index contributed by atoms with van der Waals surface area (Å²) in [7, 11) is 0. The van der Waals surface area contributed by atoms with E-state index in [4.69, 9.17) is 9.63 Å². The minimum atomic E-state index is -0.148. The van der Waals surface area contributed by atoms with E-state index in [1.165, 1.54) is 17.7 Å². The summed E-state index contributed by atoms with van der Waals surface area (Å²) in [5, 5.41) is 14.9. The van der Waals surface area contributed by atoms with Gasteiger partial charge in [-0.05, 0) is 12.1 Å². The summed E-state index contributed by atoms with van der Waals surface area (Å²) in [6, 6.07) is 3.53. The van der Waals surface area contributed by atoms with Gasteiger partial charge in [0.15, 0.2) is 6.33 Å². The first-order chi connectivity index (χ1) is 9.79. The zero-order valence-corrected chi connectivity index (χ0v) is 11.4. The molecule has 2 aromatic rings. The van der Waals surface area contributed by atoms with E-state index >= 15 is 0 Å². The number of hydrogen-bond acceptors (Lipinski definition) is 6. The van der Waals surface area contributed by atoms with Crippen LogP contribution in [0.1, 0.15) is 26.9 Å². The lowest BCUT2D eigenvalue weighted by atomic mass is 10.3. The molecular formula is C13H13N3O3S. The number of aliphatic hydroxyl groups excluding tert-OH is 1. The van der Waals surface area contributed by atoms with Gasteiger partial charge in [0.1, 0.15) is 0 Å². The number of hydrogen-bond donors (Lipinski definition) is 2. The minimum absolute atomic E-state index is 0.0430. The second-order valence-corrected chi connectivity index (χ2v) is 4.86. The smallest absolute Gasteiger partial charge is 0.261 e. The van der Waals surface area contributed by atoms with E-state index in [9.17, 15) is 4.79 Å². The summed E-state index contributed by atoms with van der Waals surface area (Å²) in [4.78, 5) is 17.1. The molecular weight excluding hydrogens is 278 g/mol. The zero-order chi connectivity index (χ0) is 14.2. The number of carbonyl (C=O) groups excluding carboxylic acids is 1. The molecule has 6 nitrogen and oxygen atoms in total. The van der Waals surface area contributed by atoms with Crippen LogP contribution in [-0.2, 0) is 6.42 Å². The molecule has 2 heterocycles. The zero-order valence-electron chi connectivity index (χ0n) is 10.6. The highest BCUT2D eigenvalue weighted by atomic mass is 32.1. The fourth-order valence-corrected chi connectivity index (χ4v) is 2.21. The number of thiophene rings is 1. The molecule has 20 heavy (non-hydrogen) atoms. The lowest BCUT2D eigenvalue weighted by molar-refractivity contribution is 0.0957. The van der Waals surface area contributed by atoms with E-state index in [2.05, 4.69) is 27.3 Å². The number of nitrogens with zero attached hydrogens (tertiary/aromatic N) is 2. The molecule has 0 aromatic carbocycles. The van der Waals surface area contributed by atoms with Crippen LogP contribution >= 0.6 is 11.3 Å². The van der Waals surface area contributed by atoms with Gasteiger partial charge in [-0.25, -0.2) is 0 Å². The molecule has 104 valence electrons. The molecule has 0 saturated carbocycles. The Morgan fingerprint density at radius 2 is 2.40 bits per heavy atom. The lowest BCUT2D eigenvalue weighted by Crippen LogP contribution is -2.24. The molecule has 0 fully saturated rings. The summed E-state index contributed by atoms with van der Waals surface area (Å²) in [5.74, 6) is 6.06. The number of amides is 1. The number of rotatable bonds is 5. The van der Waals surface area contributed by atoms with Crippen LogP contribution in [-0.4, -0.2) is 34.3 Å². The molecule has 0 unspecified atom stereocenters. The van der Waals surface area contributed by atoms with Gasteiger partial charge in [-0.15, -0.1) is 11.3 Å². The summed E-state index contributed by atoms with van der Waals surface area (Å²) < 4.78 is 4.83. The van der Waals surface area contributed by atoms with E-state index in [0.29, 0.717) is 30.2 Å². The average molecular weight is 291 g/mol. The maximum absolute atomic E-state index is 11.9. The van der Waals surface area contributed by atoms with Gasteiger partial charge in [0.05, 0.1) is 16.4 Å². The minimum Gasteiger partial charge on any atom is -0.395 e. The van der Waals surface area contributed by atoms with Gasteiger partial charge in [0.2, 0.25) is 5.89 Å². The molecule has 0 aliphatic rings. The standard InChI is InChI=1S/C13H13N3O3S/c17-8-2-1-3-10-4-5-11(20-10)13(18)14-7-6-12-15-9-16-19-12/h4-5,9,17H,2,6-8H2,(H,14,18). The second kappa shape index (κ2) is 7.43. The van der Waals surface area contributed by atoms with E-state index in [1.54, 1.807) is 12.1 Å². The number of nitrogens with one attached hydrogen (secondary N) is 1. The molecule has 0 bridgehead atoms. The SMILES string of the molecule is O=C(NCCc1ncno1)c1ccc(C#CCCO)s1. The van der Waals surface area contributed by atoms with Crippen molar-refractivity contribution in [2.45, 2.75) is 12.8 Å². The maximum Gasteiger partial charge on any atom is 0.261 e. The van der Waals surface area contributed by atoms with Crippen molar-refractivity contribution < 1.29 is 14.4 Å². The van der Waals surface area contributed by atoms with Crippen molar-refractivity contribution in [1.29, 1.82) is 0 Å². The molecule has 0 spiro atoms. The van der Waals surface area contributed by atoms with Crippen LogP contribution in [0, 0.1) is 11.8 Å². The molecule has 2 rings (SSSR count). The maximum atomic E-state index is 11.9. The Kier molecular flexibility index (Phi) is 5.29. The summed E-state index contributed by atoms with van der Waals surface area (Å²) in [6.07, 6.45) is 2.26. The third-order valence-corrected chi connectivity index (χ3v) is 3.31. The van der Waals surface area contributed by atoms with Gasteiger partial charge in [-0.3, -0.25) is 4.79 Å². The average Bonchev–Trinajstić information content (AvgIpc) is 3.10. The van der Waals surface area contributed by atoms with Crippen molar-refractivity contribution in [2.24, 2.45) is 0 Å². The molecule has 0 aliphatic heterocycles. The predicted molar refractivity (Wildman–Crippen MR) is 73.2 cm³/mol. The number of aliphatic hydroxyl groups is 1. The lowest BCUT2D eigenvalue weighted by Gasteiger charge is -2.00. The van der Waals surface area contributed by atoms with Gasteiger partial charge < -0.3 is 14.9 Å². The summed E-state index contributed by atoms with van der Waals surface area (Å²) >= 11 is 1.32. The monoisotopic (exact) mass is 291 g/mol. The predicted octanol–water partition coefficient (Wildman–Crippen LogP) is 0.837. The fourth-order valence-electron chi connectivity index (χ4n) is 1.41. The van der Waals surface area contributed by atoms with Crippen molar-refractivity contribution in [3.63, 3.8) is 0 Å². The van der Waals surface area contributed by atoms with E-state index in [1.807, 2.05) is 0 Å². The molecule has 1 amide bonds. The molecule has 0 aliphatic carbocycles. The number of aromatic nitrogens is 2. The first-order valence-electron chi connectivity index (χ1n) is 6.03. The van der Waals surface area contributed by atoms with Gasteiger partial charge >= 0.3 is 0 Å². The molecule has 0 saturated heterocycles. The Hall–Kier alpha value is -2.17. The van der Waals surface area contributed by atoms with Crippen LogP contribution in [0.25, 0.3) is 0 Å². The number of carbonyl (C=O) groups is 1. The van der Waals surface area contributed by atoms with Gasteiger partial charge in [-0.2, -0.15) is 4.98 Å². The molecule has 7 heteroatoms. The summed E-state index contributed by atoms with van der Waals surface area (Å²) in [6.45, 7) is 0.478. The molecule has 0 radical (unpaired) electrons. The third kappa shape index (κ3) is 4.19. The second-order valence-electron chi connectivity index (χ2n) is 3.78. The van der Waals surface area contributed by atoms with E-state index < -0.39 is 0 Å². The highest BCUT2D eigenvalue weighted by Gasteiger charge is 2.08. The van der Waals surface area contributed by atoms with Crippen LogP contribution < -0.4 is 5.32 Å². The van der Waals surface area contributed by atoms with Crippen molar-refractivity contribution in [2.75, 3.05) is 13.2 Å². The van der Waals surface area contributed by atoms with Gasteiger partial charge in [0, 0.05) is 19.4 Å². The van der Waals surface area contributed by atoms with Gasteiger partial charge in [0.25, 0.3) is 5.91 Å². The third-order valence-electron chi connectivity index (χ3n) is 2.31. The van der Waals surface area contributed by atoms with Crippen LogP contribution in [0.3, 0.4) is 0 Å². The van der Waals surface area contributed by atoms with Gasteiger partial charge in [-0.1, -0.05) is 17.0 Å². The quantitative estimate of drug-likeness (QED) is 0.797. The Morgan fingerprint density at radius 3 is 3.15 bits per heavy atom. The fraction of sp³-hybridized carbons (Fsp3) is 0.308. The first-order valence-corrected chi connectivity index (χ1v) is 6.84. The van der Waals surface area contributed by atoms with Crippen molar-refractivity contribution in [3.8, 4) is 11.8 Å². The molecule has 2 N–H and O–H groups in total. The van der Waals surface area contributed by atoms with Crippen LogP contribution in [0.5, 0.6) is 0 Å². The topological polar surface area (TPSA) is 88.3 Å². The van der Waals surface area contributed by atoms with Crippen molar-refractivity contribution in [1.82, 2.24) is 15.5 Å². The highest BCUT2D eigenvalue weighted by molar-refractivity contribution is 7.14. The Balaban J connectivity index is 1.82. The largest absolute Gasteiger partial charge is 0.395 e. The van der Waals surface area contributed by atoms with Crippen LogP contribution in [0.15, 0.2) is 23.0 Å². The Bertz CT molecular complexity index is 610. The van der Waals surface area contributed by atoms with Crippen molar-refractivity contribution in [3.05, 3.63) is 34.1 Å². The molecule has 0 atom stereocenters. The van der Waals surface area contributed by atoms with E-state index in [-0.39, 0.29) is 12.5 Å². The van der Waals surface area contributed by atoms with Crippen LogP contribution in [0.4, 0.5) is 0 Å².